The molecule has 0 aliphatic heterocycles. The van der Waals surface area contributed by atoms with Crippen LogP contribution in [0.2, 0.25) is 0 Å². The second-order valence-electron chi connectivity index (χ2n) is 9.01. The molecule has 0 unspecified atom stereocenters. The molecule has 154 valence electrons. The van der Waals surface area contributed by atoms with Gasteiger partial charge in [0.2, 0.25) is 5.71 Å². The molecule has 33 heavy (non-hydrogen) atoms. The van der Waals surface area contributed by atoms with Crippen LogP contribution < -0.4 is 0 Å². The third-order valence-electron chi connectivity index (χ3n) is 7.49. The first-order valence-corrected chi connectivity index (χ1v) is 11.2. The number of aromatic nitrogens is 2. The summed E-state index contributed by atoms with van der Waals surface area (Å²) in [4.78, 5) is 0. The summed E-state index contributed by atoms with van der Waals surface area (Å²) in [6.07, 6.45) is 0. The van der Waals surface area contributed by atoms with Crippen molar-refractivity contribution in [1.29, 1.82) is 0 Å². The number of furan rings is 2. The molecular weight excluding hydrogens is 408 g/mol. The predicted octanol–water partition coefficient (Wildman–Crippen LogP) is 7.97. The van der Waals surface area contributed by atoms with E-state index in [-0.39, 0.29) is 0 Å². The van der Waals surface area contributed by atoms with Crippen LogP contribution in [0, 0.1) is 0 Å². The van der Waals surface area contributed by atoms with Crippen molar-refractivity contribution in [3.63, 3.8) is 0 Å². The zero-order valence-electron chi connectivity index (χ0n) is 17.7. The van der Waals surface area contributed by atoms with Gasteiger partial charge in [0.15, 0.2) is 11.2 Å². The third-order valence-corrected chi connectivity index (χ3v) is 7.49. The highest BCUT2D eigenvalue weighted by molar-refractivity contribution is 6.34. The molecule has 0 aliphatic rings. The van der Waals surface area contributed by atoms with Gasteiger partial charge < -0.3 is 13.4 Å². The molecule has 5 heterocycles. The Hall–Kier alpha value is -4.44. The minimum atomic E-state index is 0.818. The monoisotopic (exact) mass is 424 g/mol. The molecule has 0 spiro atoms. The highest BCUT2D eigenvalue weighted by atomic mass is 16.4. The minimum Gasteiger partial charge on any atom is -0.452 e. The zero-order chi connectivity index (χ0) is 21.4. The molecule has 0 radical (unpaired) electrons. The lowest BCUT2D eigenvalue weighted by Crippen LogP contribution is -1.88. The quantitative estimate of drug-likeness (QED) is 0.247. The van der Waals surface area contributed by atoms with Gasteiger partial charge in [-0.25, -0.2) is 0 Å². The number of benzene rings is 4. The first-order chi connectivity index (χ1) is 16.3. The van der Waals surface area contributed by atoms with Crippen molar-refractivity contribution < 1.29 is 8.83 Å². The van der Waals surface area contributed by atoms with Gasteiger partial charge in [-0.2, -0.15) is 0 Å². The molecule has 0 saturated heterocycles. The molecule has 0 N–H and O–H groups in total. The fourth-order valence-electron chi connectivity index (χ4n) is 6.13. The van der Waals surface area contributed by atoms with Crippen LogP contribution in [0.3, 0.4) is 0 Å². The van der Waals surface area contributed by atoms with Crippen molar-refractivity contribution in [3.05, 3.63) is 78.9 Å². The van der Waals surface area contributed by atoms with Crippen molar-refractivity contribution in [1.82, 2.24) is 8.97 Å². The Morgan fingerprint density at radius 2 is 1.30 bits per heavy atom. The van der Waals surface area contributed by atoms with Crippen molar-refractivity contribution in [2.24, 2.45) is 7.05 Å². The molecule has 0 fully saturated rings. The van der Waals surface area contributed by atoms with Crippen molar-refractivity contribution in [2.75, 3.05) is 0 Å². The van der Waals surface area contributed by atoms with Crippen LogP contribution in [0.1, 0.15) is 0 Å². The fraction of sp³-hybridized carbons (Fsp3) is 0.0345. The molecule has 0 atom stereocenters. The largest absolute Gasteiger partial charge is 0.452 e. The van der Waals surface area contributed by atoms with E-state index in [1.165, 1.54) is 38.1 Å². The molecular formula is C29H16N2O2. The first kappa shape index (κ1) is 16.2. The second-order valence-corrected chi connectivity index (χ2v) is 9.01. The number of nitrogens with zero attached hydrogens (tertiary/aromatic N) is 2. The number of rotatable bonds is 0. The fourth-order valence-corrected chi connectivity index (χ4v) is 6.13. The summed E-state index contributed by atoms with van der Waals surface area (Å²) in [5.74, 6) is 0. The van der Waals surface area contributed by atoms with Gasteiger partial charge in [0.05, 0.1) is 27.3 Å². The van der Waals surface area contributed by atoms with Crippen LogP contribution in [0.25, 0.3) is 82.2 Å². The van der Waals surface area contributed by atoms with Gasteiger partial charge in [-0.15, -0.1) is 0 Å². The van der Waals surface area contributed by atoms with Gasteiger partial charge in [0.1, 0.15) is 5.58 Å². The van der Waals surface area contributed by atoms with Crippen LogP contribution in [-0.2, 0) is 7.05 Å². The van der Waals surface area contributed by atoms with Crippen LogP contribution in [-0.4, -0.2) is 8.97 Å². The van der Waals surface area contributed by atoms with Gasteiger partial charge in [-0.1, -0.05) is 42.5 Å². The molecule has 9 rings (SSSR count). The van der Waals surface area contributed by atoms with Crippen molar-refractivity contribution in [3.8, 4) is 0 Å². The van der Waals surface area contributed by atoms with Gasteiger partial charge in [-0.3, -0.25) is 4.40 Å². The maximum Gasteiger partial charge on any atom is 0.217 e. The number of aryl methyl sites for hydroxylation is 1. The molecule has 0 bridgehead atoms. The summed E-state index contributed by atoms with van der Waals surface area (Å²) in [6, 6.07) is 27.8. The Labute approximate surface area is 186 Å². The summed E-state index contributed by atoms with van der Waals surface area (Å²) in [5.41, 5.74) is 8.13. The zero-order valence-corrected chi connectivity index (χ0v) is 17.7. The van der Waals surface area contributed by atoms with E-state index in [1.807, 2.05) is 18.2 Å². The van der Waals surface area contributed by atoms with Gasteiger partial charge in [0, 0.05) is 34.1 Å². The van der Waals surface area contributed by atoms with Crippen LogP contribution in [0.4, 0.5) is 0 Å². The van der Waals surface area contributed by atoms with E-state index in [0.29, 0.717) is 0 Å². The summed E-state index contributed by atoms with van der Waals surface area (Å²) in [6.45, 7) is 0. The number of hydrogen-bond acceptors (Lipinski definition) is 2. The van der Waals surface area contributed by atoms with E-state index in [2.05, 4.69) is 76.7 Å². The molecule has 4 aromatic carbocycles. The molecule has 4 nitrogen and oxygen atoms in total. The smallest absolute Gasteiger partial charge is 0.217 e. The lowest BCUT2D eigenvalue weighted by atomic mass is 10.0. The Bertz CT molecular complexity index is 2250. The van der Waals surface area contributed by atoms with E-state index in [0.717, 1.165) is 44.1 Å². The Kier molecular flexibility index (Phi) is 2.52. The first-order valence-electron chi connectivity index (χ1n) is 11.2. The average molecular weight is 424 g/mol. The maximum absolute atomic E-state index is 6.65. The molecule has 0 amide bonds. The number of para-hydroxylation sites is 2. The third kappa shape index (κ3) is 1.65. The van der Waals surface area contributed by atoms with Crippen molar-refractivity contribution >= 4 is 82.2 Å². The van der Waals surface area contributed by atoms with Crippen LogP contribution >= 0.6 is 0 Å². The molecule has 0 aliphatic carbocycles. The van der Waals surface area contributed by atoms with Crippen LogP contribution in [0.15, 0.2) is 87.7 Å². The van der Waals surface area contributed by atoms with E-state index in [1.54, 1.807) is 0 Å². The van der Waals surface area contributed by atoms with Crippen molar-refractivity contribution in [2.45, 2.75) is 0 Å². The molecule has 0 saturated carbocycles. The van der Waals surface area contributed by atoms with E-state index in [4.69, 9.17) is 8.83 Å². The lowest BCUT2D eigenvalue weighted by Gasteiger charge is -2.03. The Morgan fingerprint density at radius 3 is 2.24 bits per heavy atom. The summed E-state index contributed by atoms with van der Waals surface area (Å²) < 4.78 is 17.6. The minimum absolute atomic E-state index is 0.818. The summed E-state index contributed by atoms with van der Waals surface area (Å²) in [7, 11) is 2.16. The normalized spacial score (nSPS) is 13.0. The summed E-state index contributed by atoms with van der Waals surface area (Å²) >= 11 is 0. The molecule has 9 aromatic rings. The number of hydrogen-bond donors (Lipinski definition) is 0. The number of fused-ring (bicyclic) bond motifs is 10. The SMILES string of the molecule is Cn1c2cccc3c4ccccc4n4c5oc6c7ccccc7oc6c5c5ccc1c(c32)c54. The van der Waals surface area contributed by atoms with E-state index < -0.39 is 0 Å². The van der Waals surface area contributed by atoms with Gasteiger partial charge in [0.25, 0.3) is 0 Å². The lowest BCUT2D eigenvalue weighted by molar-refractivity contribution is 0.643. The molecule has 4 heteroatoms. The highest BCUT2D eigenvalue weighted by Crippen LogP contribution is 2.47. The van der Waals surface area contributed by atoms with E-state index in [9.17, 15) is 0 Å². The Morgan fingerprint density at radius 1 is 0.545 bits per heavy atom. The topological polar surface area (TPSA) is 35.6 Å². The summed E-state index contributed by atoms with van der Waals surface area (Å²) in [5, 5.41) is 8.26. The van der Waals surface area contributed by atoms with Crippen LogP contribution in [0.5, 0.6) is 0 Å². The standard InChI is InChI=1S/C29H16N2O2/c1-30-20-11-6-9-16-15-7-2-4-10-19(15)31-26-18(13-14-21(30)25(26)23(16)20)24-28-27(33-29(24)31)17-8-3-5-12-22(17)32-28/h2-14H,1H3. The van der Waals surface area contributed by atoms with Gasteiger partial charge >= 0.3 is 0 Å². The average Bonchev–Trinajstić information content (AvgIpc) is 3.53. The predicted molar refractivity (Wildman–Crippen MR) is 135 cm³/mol. The Balaban J connectivity index is 1.73. The second kappa shape index (κ2) is 5.13. The maximum atomic E-state index is 6.65. The van der Waals surface area contributed by atoms with Gasteiger partial charge in [-0.05, 0) is 41.8 Å². The molecule has 5 aromatic heterocycles. The van der Waals surface area contributed by atoms with E-state index >= 15 is 0 Å². The highest BCUT2D eigenvalue weighted by Gasteiger charge is 2.26.